The number of hydrogen-bond acceptors (Lipinski definition) is 2. The van der Waals surface area contributed by atoms with Gasteiger partial charge in [-0.2, -0.15) is 0 Å². The van der Waals surface area contributed by atoms with Gasteiger partial charge in [0.1, 0.15) is 0 Å². The van der Waals surface area contributed by atoms with Gasteiger partial charge in [0.2, 0.25) is 0 Å². The molecule has 0 fully saturated rings. The molecule has 0 saturated carbocycles. The first-order valence-corrected chi connectivity index (χ1v) is 8.02. The lowest BCUT2D eigenvalue weighted by atomic mass is 10.1. The van der Waals surface area contributed by atoms with Crippen LogP contribution in [-0.2, 0) is 0 Å². The molecule has 100 valence electrons. The zero-order valence-electron chi connectivity index (χ0n) is 10.2. The van der Waals surface area contributed by atoms with E-state index in [-0.39, 0.29) is 6.04 Å². The van der Waals surface area contributed by atoms with Gasteiger partial charge in [-0.15, -0.1) is 0 Å². The topological polar surface area (TPSA) is 26.0 Å². The Bertz CT molecular complexity index is 602. The molecule has 2 aromatic rings. The Labute approximate surface area is 135 Å². The normalized spacial score (nSPS) is 12.5. The molecule has 0 spiro atoms. The molecule has 5 heteroatoms. The van der Waals surface area contributed by atoms with E-state index in [1.807, 2.05) is 31.2 Å². The molecule has 0 heterocycles. The van der Waals surface area contributed by atoms with Crippen molar-refractivity contribution in [1.82, 2.24) is 0 Å². The minimum atomic E-state index is 0.0281. The van der Waals surface area contributed by atoms with Crippen LogP contribution in [0.4, 0.5) is 0 Å². The maximum atomic E-state index is 6.01. The third-order valence-electron chi connectivity index (χ3n) is 2.60. The number of hydrogen-bond donors (Lipinski definition) is 1. The van der Waals surface area contributed by atoms with Gasteiger partial charge < -0.3 is 5.73 Å². The summed E-state index contributed by atoms with van der Waals surface area (Å²) >= 11 is 17.1. The quantitative estimate of drug-likeness (QED) is 0.718. The lowest BCUT2D eigenvalue weighted by Gasteiger charge is -2.10. The van der Waals surface area contributed by atoms with Crippen LogP contribution in [-0.4, -0.2) is 0 Å². The second-order valence-electron chi connectivity index (χ2n) is 4.16. The summed E-state index contributed by atoms with van der Waals surface area (Å²) in [5, 5.41) is 1.13. The number of benzene rings is 2. The Morgan fingerprint density at radius 3 is 2.42 bits per heavy atom. The van der Waals surface area contributed by atoms with Gasteiger partial charge in [-0.3, -0.25) is 0 Å². The molecule has 0 bridgehead atoms. The molecule has 2 rings (SSSR count). The summed E-state index contributed by atoms with van der Waals surface area (Å²) in [7, 11) is 0. The molecular weight excluding hydrogens is 365 g/mol. The van der Waals surface area contributed by atoms with Gasteiger partial charge >= 0.3 is 0 Å². The number of rotatable bonds is 3. The van der Waals surface area contributed by atoms with E-state index in [4.69, 9.17) is 28.9 Å². The van der Waals surface area contributed by atoms with Gasteiger partial charge in [0.05, 0.1) is 10.0 Å². The van der Waals surface area contributed by atoms with Crippen molar-refractivity contribution < 1.29 is 0 Å². The second kappa shape index (κ2) is 6.51. The minimum Gasteiger partial charge on any atom is -0.324 e. The molecule has 0 unspecified atom stereocenters. The van der Waals surface area contributed by atoms with Gasteiger partial charge in [0.25, 0.3) is 0 Å². The third kappa shape index (κ3) is 3.89. The largest absolute Gasteiger partial charge is 0.324 e. The van der Waals surface area contributed by atoms with Crippen LogP contribution < -0.4 is 5.73 Å². The number of nitrogens with two attached hydrogens (primary N) is 1. The van der Waals surface area contributed by atoms with Crippen molar-refractivity contribution in [3.63, 3.8) is 0 Å². The average Bonchev–Trinajstić information content (AvgIpc) is 2.36. The highest BCUT2D eigenvalue weighted by molar-refractivity contribution is 9.10. The monoisotopic (exact) mass is 375 g/mol. The van der Waals surface area contributed by atoms with E-state index in [0.717, 1.165) is 19.8 Å². The standard InChI is InChI=1S/C14H12BrCl2NS/c1-8(18)9-2-5-14(11(15)6-9)19-10-3-4-12(16)13(17)7-10/h2-8H,18H2,1H3/t8-/m1/s1. The molecule has 2 N–H and O–H groups in total. The van der Waals surface area contributed by atoms with Crippen LogP contribution in [0.25, 0.3) is 0 Å². The summed E-state index contributed by atoms with van der Waals surface area (Å²) in [6.45, 7) is 1.97. The van der Waals surface area contributed by atoms with Crippen molar-refractivity contribution in [1.29, 1.82) is 0 Å². The predicted octanol–water partition coefficient (Wildman–Crippen LogP) is 5.93. The van der Waals surface area contributed by atoms with E-state index in [2.05, 4.69) is 22.0 Å². The molecule has 0 saturated heterocycles. The molecule has 0 radical (unpaired) electrons. The Balaban J connectivity index is 2.25. The molecule has 0 amide bonds. The summed E-state index contributed by atoms with van der Waals surface area (Å²) in [5.41, 5.74) is 6.96. The molecule has 1 nitrogen and oxygen atoms in total. The summed E-state index contributed by atoms with van der Waals surface area (Å²) in [6.07, 6.45) is 0. The van der Waals surface area contributed by atoms with Crippen molar-refractivity contribution in [2.24, 2.45) is 5.73 Å². The van der Waals surface area contributed by atoms with Crippen molar-refractivity contribution in [2.75, 3.05) is 0 Å². The first-order chi connectivity index (χ1) is 8.97. The SMILES string of the molecule is C[C@@H](N)c1ccc(Sc2ccc(Cl)c(Cl)c2)c(Br)c1. The molecule has 0 aromatic heterocycles. The molecule has 1 atom stereocenters. The first kappa shape index (κ1) is 15.2. The molecule has 0 aliphatic rings. The van der Waals surface area contributed by atoms with Crippen molar-refractivity contribution in [2.45, 2.75) is 22.8 Å². The fourth-order valence-electron chi connectivity index (χ4n) is 1.55. The molecule has 2 aromatic carbocycles. The first-order valence-electron chi connectivity index (χ1n) is 5.65. The van der Waals surface area contributed by atoms with E-state index in [9.17, 15) is 0 Å². The lowest BCUT2D eigenvalue weighted by Crippen LogP contribution is -2.04. The van der Waals surface area contributed by atoms with Crippen LogP contribution in [0.1, 0.15) is 18.5 Å². The van der Waals surface area contributed by atoms with E-state index in [0.29, 0.717) is 10.0 Å². The Morgan fingerprint density at radius 1 is 1.11 bits per heavy atom. The van der Waals surface area contributed by atoms with Crippen LogP contribution in [0.3, 0.4) is 0 Å². The average molecular weight is 377 g/mol. The zero-order chi connectivity index (χ0) is 14.0. The van der Waals surface area contributed by atoms with Crippen LogP contribution >= 0.6 is 50.9 Å². The summed E-state index contributed by atoms with van der Waals surface area (Å²) < 4.78 is 1.03. The smallest absolute Gasteiger partial charge is 0.0603 e. The van der Waals surface area contributed by atoms with Gasteiger partial charge in [0.15, 0.2) is 0 Å². The van der Waals surface area contributed by atoms with Crippen molar-refractivity contribution in [3.05, 3.63) is 56.5 Å². The number of halogens is 3. The highest BCUT2D eigenvalue weighted by Gasteiger charge is 2.07. The fraction of sp³-hybridized carbons (Fsp3) is 0.143. The van der Waals surface area contributed by atoms with Gasteiger partial charge in [0, 0.05) is 20.3 Å². The second-order valence-corrected chi connectivity index (χ2v) is 6.94. The van der Waals surface area contributed by atoms with Gasteiger partial charge in [-0.25, -0.2) is 0 Å². The Morgan fingerprint density at radius 2 is 1.84 bits per heavy atom. The van der Waals surface area contributed by atoms with Crippen LogP contribution in [0.15, 0.2) is 50.7 Å². The van der Waals surface area contributed by atoms with Gasteiger partial charge in [-0.1, -0.05) is 41.0 Å². The van der Waals surface area contributed by atoms with E-state index in [1.165, 1.54) is 0 Å². The Hall–Kier alpha value is -0.190. The van der Waals surface area contributed by atoms with Crippen LogP contribution in [0, 0.1) is 0 Å². The molecule has 0 aliphatic carbocycles. The van der Waals surface area contributed by atoms with E-state index >= 15 is 0 Å². The van der Waals surface area contributed by atoms with Crippen LogP contribution in [0.5, 0.6) is 0 Å². The highest BCUT2D eigenvalue weighted by atomic mass is 79.9. The predicted molar refractivity (Wildman–Crippen MR) is 87.3 cm³/mol. The van der Waals surface area contributed by atoms with E-state index in [1.54, 1.807) is 17.8 Å². The molecular formula is C14H12BrCl2NS. The van der Waals surface area contributed by atoms with Gasteiger partial charge in [-0.05, 0) is 58.7 Å². The maximum absolute atomic E-state index is 6.01. The summed E-state index contributed by atoms with van der Waals surface area (Å²) in [6, 6.07) is 11.8. The summed E-state index contributed by atoms with van der Waals surface area (Å²) in [4.78, 5) is 2.16. The molecule has 0 aliphatic heterocycles. The van der Waals surface area contributed by atoms with Crippen LogP contribution in [0.2, 0.25) is 10.0 Å². The fourth-order valence-corrected chi connectivity index (χ4v) is 3.41. The minimum absolute atomic E-state index is 0.0281. The molecule has 19 heavy (non-hydrogen) atoms. The van der Waals surface area contributed by atoms with Crippen molar-refractivity contribution in [3.8, 4) is 0 Å². The highest BCUT2D eigenvalue weighted by Crippen LogP contribution is 2.37. The maximum Gasteiger partial charge on any atom is 0.0603 e. The van der Waals surface area contributed by atoms with E-state index < -0.39 is 0 Å². The summed E-state index contributed by atoms with van der Waals surface area (Å²) in [5.74, 6) is 0. The zero-order valence-corrected chi connectivity index (χ0v) is 14.1. The lowest BCUT2D eigenvalue weighted by molar-refractivity contribution is 0.815. The Kier molecular flexibility index (Phi) is 5.21. The third-order valence-corrected chi connectivity index (χ3v) is 5.32. The van der Waals surface area contributed by atoms with Crippen molar-refractivity contribution >= 4 is 50.9 Å².